The summed E-state index contributed by atoms with van der Waals surface area (Å²) in [5.41, 5.74) is 0.715. The number of thiazole rings is 1. The number of nitrogens with one attached hydrogen (secondary N) is 1. The van der Waals surface area contributed by atoms with Crippen molar-refractivity contribution < 1.29 is 4.79 Å². The highest BCUT2D eigenvalue weighted by atomic mass is 32.1. The molecule has 3 aromatic rings. The van der Waals surface area contributed by atoms with E-state index in [1.165, 1.54) is 22.0 Å². The van der Waals surface area contributed by atoms with Gasteiger partial charge in [-0.2, -0.15) is 5.10 Å². The molecule has 0 aliphatic carbocycles. The molecular weight excluding hydrogens is 314 g/mol. The summed E-state index contributed by atoms with van der Waals surface area (Å²) < 4.78 is 3.08. The fourth-order valence-electron chi connectivity index (χ4n) is 2.07. The Morgan fingerprint density at radius 3 is 3.00 bits per heavy atom. The highest BCUT2D eigenvalue weighted by molar-refractivity contribution is 7.12. The lowest BCUT2D eigenvalue weighted by Gasteiger charge is -2.04. The molecule has 1 N–H and O–H groups in total. The van der Waals surface area contributed by atoms with Gasteiger partial charge in [0.15, 0.2) is 0 Å². The molecule has 0 bridgehead atoms. The van der Waals surface area contributed by atoms with E-state index in [1.54, 1.807) is 30.2 Å². The Labute approximate surface area is 136 Å². The third-order valence-electron chi connectivity index (χ3n) is 3.27. The molecule has 0 atom stereocenters. The second-order valence-corrected chi connectivity index (χ2v) is 5.75. The zero-order valence-corrected chi connectivity index (χ0v) is 13.3. The number of aromatic nitrogens is 4. The topological polar surface area (TPSA) is 81.8 Å². The standard InChI is InChI=1S/C15H15N5O2S/c1-19-8-2-4-12(14(19)22)13(21)16-7-5-11-10-23-15(18-11)20-9-3-6-17-20/h2-4,6,8-10H,5,7H2,1H3,(H,16,21). The van der Waals surface area contributed by atoms with E-state index in [1.807, 2.05) is 17.6 Å². The molecule has 0 radical (unpaired) electrons. The van der Waals surface area contributed by atoms with Gasteiger partial charge in [-0.1, -0.05) is 0 Å². The molecule has 0 saturated carbocycles. The van der Waals surface area contributed by atoms with E-state index in [0.717, 1.165) is 10.8 Å². The van der Waals surface area contributed by atoms with E-state index < -0.39 is 0 Å². The first-order valence-electron chi connectivity index (χ1n) is 7.03. The summed E-state index contributed by atoms with van der Waals surface area (Å²) in [6, 6.07) is 5.03. The lowest BCUT2D eigenvalue weighted by Crippen LogP contribution is -2.32. The van der Waals surface area contributed by atoms with Crippen LogP contribution in [-0.2, 0) is 13.5 Å². The third kappa shape index (κ3) is 3.37. The molecule has 0 aliphatic heterocycles. The number of carbonyl (C=O) groups excluding carboxylic acids is 1. The molecule has 3 aromatic heterocycles. The number of pyridine rings is 1. The van der Waals surface area contributed by atoms with Crippen LogP contribution < -0.4 is 10.9 Å². The summed E-state index contributed by atoms with van der Waals surface area (Å²) in [5.74, 6) is -0.367. The first-order valence-corrected chi connectivity index (χ1v) is 7.91. The highest BCUT2D eigenvalue weighted by Gasteiger charge is 2.11. The molecule has 1 amide bonds. The Morgan fingerprint density at radius 2 is 2.22 bits per heavy atom. The van der Waals surface area contributed by atoms with Crippen molar-refractivity contribution in [3.8, 4) is 5.13 Å². The quantitative estimate of drug-likeness (QED) is 0.757. The van der Waals surface area contributed by atoms with Crippen molar-refractivity contribution in [3.05, 3.63) is 63.8 Å². The first kappa shape index (κ1) is 15.2. The maximum atomic E-state index is 12.0. The average molecular weight is 329 g/mol. The van der Waals surface area contributed by atoms with Crippen LogP contribution in [0.1, 0.15) is 16.1 Å². The number of rotatable bonds is 5. The first-order chi connectivity index (χ1) is 11.1. The molecule has 7 nitrogen and oxygen atoms in total. The van der Waals surface area contributed by atoms with E-state index in [-0.39, 0.29) is 17.0 Å². The molecule has 3 rings (SSSR count). The average Bonchev–Trinajstić information content (AvgIpc) is 3.20. The van der Waals surface area contributed by atoms with Crippen LogP contribution in [0.3, 0.4) is 0 Å². The summed E-state index contributed by atoms with van der Waals surface area (Å²) in [5, 5.41) is 9.59. The van der Waals surface area contributed by atoms with Crippen LogP contribution in [0.15, 0.2) is 47.0 Å². The van der Waals surface area contributed by atoms with Gasteiger partial charge in [0.25, 0.3) is 11.5 Å². The van der Waals surface area contributed by atoms with Gasteiger partial charge in [-0.25, -0.2) is 9.67 Å². The molecule has 0 spiro atoms. The van der Waals surface area contributed by atoms with Crippen LogP contribution in [0, 0.1) is 0 Å². The minimum absolute atomic E-state index is 0.144. The Kier molecular flexibility index (Phi) is 4.33. The van der Waals surface area contributed by atoms with Crippen LogP contribution in [0.4, 0.5) is 0 Å². The van der Waals surface area contributed by atoms with E-state index in [4.69, 9.17) is 0 Å². The minimum Gasteiger partial charge on any atom is -0.351 e. The Balaban J connectivity index is 1.58. The molecule has 3 heterocycles. The van der Waals surface area contributed by atoms with Crippen molar-refractivity contribution in [2.45, 2.75) is 6.42 Å². The summed E-state index contributed by atoms with van der Waals surface area (Å²) in [7, 11) is 1.62. The second kappa shape index (κ2) is 6.57. The van der Waals surface area contributed by atoms with Crippen LogP contribution >= 0.6 is 11.3 Å². The van der Waals surface area contributed by atoms with E-state index >= 15 is 0 Å². The van der Waals surface area contributed by atoms with Gasteiger partial charge in [0, 0.05) is 44.0 Å². The van der Waals surface area contributed by atoms with Crippen LogP contribution in [0.5, 0.6) is 0 Å². The van der Waals surface area contributed by atoms with Crippen LogP contribution in [0.2, 0.25) is 0 Å². The monoisotopic (exact) mass is 329 g/mol. The number of hydrogen-bond acceptors (Lipinski definition) is 5. The molecule has 8 heteroatoms. The van der Waals surface area contributed by atoms with E-state index in [0.29, 0.717) is 13.0 Å². The predicted molar refractivity (Wildman–Crippen MR) is 87.0 cm³/mol. The lowest BCUT2D eigenvalue weighted by atomic mass is 10.2. The zero-order chi connectivity index (χ0) is 16.2. The molecule has 0 unspecified atom stereocenters. The van der Waals surface area contributed by atoms with E-state index in [9.17, 15) is 9.59 Å². The molecule has 23 heavy (non-hydrogen) atoms. The van der Waals surface area contributed by atoms with Crippen molar-refractivity contribution in [1.29, 1.82) is 0 Å². The summed E-state index contributed by atoms with van der Waals surface area (Å²) in [6.45, 7) is 0.416. The van der Waals surface area contributed by atoms with Gasteiger partial charge in [-0.3, -0.25) is 9.59 Å². The molecule has 0 aromatic carbocycles. The van der Waals surface area contributed by atoms with Gasteiger partial charge in [-0.15, -0.1) is 11.3 Å². The van der Waals surface area contributed by atoms with Gasteiger partial charge in [0.2, 0.25) is 5.13 Å². The third-order valence-corrected chi connectivity index (χ3v) is 4.15. The second-order valence-electron chi connectivity index (χ2n) is 4.92. The molecule has 118 valence electrons. The number of hydrogen-bond donors (Lipinski definition) is 1. The number of aryl methyl sites for hydroxylation is 1. The van der Waals surface area contributed by atoms with Crippen LogP contribution in [0.25, 0.3) is 5.13 Å². The number of amides is 1. The Bertz CT molecular complexity index is 866. The predicted octanol–water partition coefficient (Wildman–Crippen LogP) is 1.000. The maximum Gasteiger partial charge on any atom is 0.263 e. The zero-order valence-electron chi connectivity index (χ0n) is 12.5. The molecule has 0 aliphatic rings. The van der Waals surface area contributed by atoms with Crippen molar-refractivity contribution in [2.24, 2.45) is 7.05 Å². The maximum absolute atomic E-state index is 12.0. The van der Waals surface area contributed by atoms with Gasteiger partial charge >= 0.3 is 0 Å². The largest absolute Gasteiger partial charge is 0.351 e. The summed E-state index contributed by atoms with van der Waals surface area (Å²) in [4.78, 5) is 28.4. The normalized spacial score (nSPS) is 10.7. The minimum atomic E-state index is -0.367. The van der Waals surface area contributed by atoms with Crippen molar-refractivity contribution in [1.82, 2.24) is 24.6 Å². The Morgan fingerprint density at radius 1 is 1.35 bits per heavy atom. The van der Waals surface area contributed by atoms with Crippen molar-refractivity contribution in [3.63, 3.8) is 0 Å². The van der Waals surface area contributed by atoms with Crippen molar-refractivity contribution >= 4 is 17.2 Å². The smallest absolute Gasteiger partial charge is 0.263 e. The highest BCUT2D eigenvalue weighted by Crippen LogP contribution is 2.13. The number of nitrogens with zero attached hydrogens (tertiary/aromatic N) is 4. The lowest BCUT2D eigenvalue weighted by molar-refractivity contribution is 0.0952. The molecule has 0 fully saturated rings. The molecular formula is C15H15N5O2S. The fourth-order valence-corrected chi connectivity index (χ4v) is 2.87. The van der Waals surface area contributed by atoms with Gasteiger partial charge in [0.1, 0.15) is 5.56 Å². The van der Waals surface area contributed by atoms with Gasteiger partial charge in [-0.05, 0) is 18.2 Å². The fraction of sp³-hybridized carbons (Fsp3) is 0.200. The number of carbonyl (C=O) groups is 1. The summed E-state index contributed by atoms with van der Waals surface area (Å²) >= 11 is 1.49. The molecule has 0 saturated heterocycles. The SMILES string of the molecule is Cn1cccc(C(=O)NCCc2csc(-n3cccn3)n2)c1=O. The van der Waals surface area contributed by atoms with E-state index in [2.05, 4.69) is 15.4 Å². The van der Waals surface area contributed by atoms with Crippen molar-refractivity contribution in [2.75, 3.05) is 6.54 Å². The Hall–Kier alpha value is -2.74. The van der Waals surface area contributed by atoms with Gasteiger partial charge in [0.05, 0.1) is 5.69 Å². The van der Waals surface area contributed by atoms with Crippen LogP contribution in [-0.4, -0.2) is 31.8 Å². The summed E-state index contributed by atoms with van der Waals surface area (Å²) in [6.07, 6.45) is 5.74. The van der Waals surface area contributed by atoms with Gasteiger partial charge < -0.3 is 9.88 Å².